The van der Waals surface area contributed by atoms with Crippen molar-refractivity contribution >= 4 is 5.69 Å². The predicted molar refractivity (Wildman–Crippen MR) is 133 cm³/mol. The number of benzene rings is 2. The highest BCUT2D eigenvalue weighted by Gasteiger charge is 2.05. The molecule has 0 aromatic heterocycles. The van der Waals surface area contributed by atoms with Crippen molar-refractivity contribution < 1.29 is 4.92 Å². The van der Waals surface area contributed by atoms with Gasteiger partial charge in [-0.1, -0.05) is 115 Å². The van der Waals surface area contributed by atoms with Crippen molar-refractivity contribution in [1.82, 2.24) is 0 Å². The van der Waals surface area contributed by atoms with Gasteiger partial charge in [-0.15, -0.1) is 0 Å². The van der Waals surface area contributed by atoms with Crippen LogP contribution in [0.5, 0.6) is 0 Å². The third-order valence-electron chi connectivity index (χ3n) is 6.18. The second-order valence-electron chi connectivity index (χ2n) is 8.85. The molecule has 3 nitrogen and oxygen atoms in total. The van der Waals surface area contributed by atoms with Crippen molar-refractivity contribution in [3.05, 3.63) is 64.2 Å². The zero-order valence-electron chi connectivity index (χ0n) is 19.5. The molecule has 0 aliphatic carbocycles. The molecule has 2 rings (SSSR count). The third kappa shape index (κ3) is 10.6. The number of aryl methyl sites for hydroxylation is 1. The number of non-ortho nitro benzene ring substituents is 1. The normalized spacial score (nSPS) is 11.0. The molecule has 2 aromatic carbocycles. The molecule has 0 amide bonds. The number of hydrogen-bond acceptors (Lipinski definition) is 2. The maximum absolute atomic E-state index is 10.8. The van der Waals surface area contributed by atoms with Crippen molar-refractivity contribution in [3.8, 4) is 11.1 Å². The first-order chi connectivity index (χ1) is 15.2. The summed E-state index contributed by atoms with van der Waals surface area (Å²) in [5.41, 5.74) is 3.65. The molecule has 2 aromatic rings. The van der Waals surface area contributed by atoms with Crippen molar-refractivity contribution in [2.75, 3.05) is 0 Å². The lowest BCUT2D eigenvalue weighted by Gasteiger charge is -2.06. The van der Waals surface area contributed by atoms with Gasteiger partial charge in [-0.05, 0) is 41.7 Å². The van der Waals surface area contributed by atoms with E-state index in [0.717, 1.165) is 17.5 Å². The Kier molecular flexibility index (Phi) is 12.6. The van der Waals surface area contributed by atoms with E-state index in [4.69, 9.17) is 0 Å². The van der Waals surface area contributed by atoms with Crippen LogP contribution in [0.15, 0.2) is 48.5 Å². The largest absolute Gasteiger partial charge is 0.269 e. The first-order valence-electron chi connectivity index (χ1n) is 12.5. The minimum absolute atomic E-state index is 0.137. The van der Waals surface area contributed by atoms with Crippen LogP contribution >= 0.6 is 0 Å². The fraction of sp³-hybridized carbons (Fsp3) is 0.571. The second-order valence-corrected chi connectivity index (χ2v) is 8.85. The molecule has 0 fully saturated rings. The lowest BCUT2D eigenvalue weighted by atomic mass is 10.0. The zero-order valence-corrected chi connectivity index (χ0v) is 19.5. The van der Waals surface area contributed by atoms with E-state index < -0.39 is 0 Å². The van der Waals surface area contributed by atoms with Crippen molar-refractivity contribution in [3.63, 3.8) is 0 Å². The van der Waals surface area contributed by atoms with Crippen LogP contribution < -0.4 is 0 Å². The first kappa shape index (κ1) is 25.1. The van der Waals surface area contributed by atoms with E-state index in [2.05, 4.69) is 31.2 Å². The van der Waals surface area contributed by atoms with Gasteiger partial charge in [-0.2, -0.15) is 0 Å². The maximum Gasteiger partial charge on any atom is 0.269 e. The minimum Gasteiger partial charge on any atom is -0.258 e. The Hall–Kier alpha value is -2.16. The standard InChI is InChI=1S/C28H41NO2/c1-2-3-4-5-6-7-8-9-10-11-12-13-14-15-16-25-17-19-26(20-18-25)27-21-23-28(24-22-27)29(30)31/h17-24H,2-16H2,1H3. The van der Waals surface area contributed by atoms with E-state index in [-0.39, 0.29) is 10.6 Å². The molecule has 0 radical (unpaired) electrons. The van der Waals surface area contributed by atoms with E-state index in [1.165, 1.54) is 95.5 Å². The molecule has 0 aliphatic heterocycles. The number of hydrogen-bond donors (Lipinski definition) is 0. The topological polar surface area (TPSA) is 43.1 Å². The van der Waals surface area contributed by atoms with E-state index in [1.54, 1.807) is 12.1 Å². The van der Waals surface area contributed by atoms with Crippen LogP contribution in [0.2, 0.25) is 0 Å². The zero-order chi connectivity index (χ0) is 22.2. The summed E-state index contributed by atoms with van der Waals surface area (Å²) in [6.07, 6.45) is 20.6. The predicted octanol–water partition coefficient (Wildman–Crippen LogP) is 9.29. The maximum atomic E-state index is 10.8. The molecule has 0 aliphatic rings. The van der Waals surface area contributed by atoms with E-state index >= 15 is 0 Å². The van der Waals surface area contributed by atoms with Crippen molar-refractivity contribution in [1.29, 1.82) is 0 Å². The Bertz CT molecular complexity index is 722. The summed E-state index contributed by atoms with van der Waals surface area (Å²) in [5.74, 6) is 0. The number of unbranched alkanes of at least 4 members (excludes halogenated alkanes) is 13. The second kappa shape index (κ2) is 15.6. The lowest BCUT2D eigenvalue weighted by Crippen LogP contribution is -1.88. The molecule has 3 heteroatoms. The average Bonchev–Trinajstić information content (AvgIpc) is 2.80. The van der Waals surface area contributed by atoms with Crippen LogP contribution in [0.1, 0.15) is 102 Å². The number of nitrogens with zero attached hydrogens (tertiary/aromatic N) is 1. The molecular formula is C28H41NO2. The Labute approximate surface area is 189 Å². The summed E-state index contributed by atoms with van der Waals surface area (Å²) in [7, 11) is 0. The highest BCUT2D eigenvalue weighted by molar-refractivity contribution is 5.65. The van der Waals surface area contributed by atoms with E-state index in [1.807, 2.05) is 12.1 Å². The Morgan fingerprint density at radius 2 is 0.968 bits per heavy atom. The summed E-state index contributed by atoms with van der Waals surface area (Å²) >= 11 is 0. The molecule has 31 heavy (non-hydrogen) atoms. The molecule has 0 N–H and O–H groups in total. The molecule has 0 spiro atoms. The Morgan fingerprint density at radius 1 is 0.581 bits per heavy atom. The molecule has 170 valence electrons. The van der Waals surface area contributed by atoms with Gasteiger partial charge in [0.25, 0.3) is 5.69 Å². The SMILES string of the molecule is CCCCCCCCCCCCCCCCc1ccc(-c2ccc([N+](=O)[O-])cc2)cc1. The molecule has 0 bridgehead atoms. The van der Waals surface area contributed by atoms with Crippen LogP contribution in [0.25, 0.3) is 11.1 Å². The Balaban J connectivity index is 1.49. The van der Waals surface area contributed by atoms with Gasteiger partial charge in [0.2, 0.25) is 0 Å². The Morgan fingerprint density at radius 3 is 1.39 bits per heavy atom. The lowest BCUT2D eigenvalue weighted by molar-refractivity contribution is -0.384. The van der Waals surface area contributed by atoms with Crippen molar-refractivity contribution in [2.24, 2.45) is 0 Å². The summed E-state index contributed by atoms with van der Waals surface area (Å²) in [5, 5.41) is 10.8. The van der Waals surface area contributed by atoms with E-state index in [9.17, 15) is 10.1 Å². The van der Waals surface area contributed by atoms with Crippen LogP contribution in [0.3, 0.4) is 0 Å². The first-order valence-corrected chi connectivity index (χ1v) is 12.5. The van der Waals surface area contributed by atoms with Crippen LogP contribution in [0, 0.1) is 10.1 Å². The summed E-state index contributed by atoms with van der Waals surface area (Å²) in [6.45, 7) is 2.28. The number of nitro benzene ring substituents is 1. The monoisotopic (exact) mass is 423 g/mol. The van der Waals surface area contributed by atoms with Gasteiger partial charge < -0.3 is 0 Å². The average molecular weight is 424 g/mol. The van der Waals surface area contributed by atoms with E-state index in [0.29, 0.717) is 0 Å². The summed E-state index contributed by atoms with van der Waals surface area (Å²) in [4.78, 5) is 10.4. The smallest absolute Gasteiger partial charge is 0.258 e. The molecule has 0 saturated heterocycles. The van der Waals surface area contributed by atoms with Gasteiger partial charge in [0.1, 0.15) is 0 Å². The minimum atomic E-state index is -0.358. The number of nitro groups is 1. The molecule has 0 heterocycles. The fourth-order valence-electron chi connectivity index (χ4n) is 4.16. The van der Waals surface area contributed by atoms with Crippen LogP contribution in [0.4, 0.5) is 5.69 Å². The van der Waals surface area contributed by atoms with Gasteiger partial charge in [0.05, 0.1) is 4.92 Å². The van der Waals surface area contributed by atoms with Crippen LogP contribution in [-0.4, -0.2) is 4.92 Å². The van der Waals surface area contributed by atoms with Gasteiger partial charge >= 0.3 is 0 Å². The summed E-state index contributed by atoms with van der Waals surface area (Å²) in [6, 6.07) is 15.4. The molecule has 0 atom stereocenters. The van der Waals surface area contributed by atoms with Crippen LogP contribution in [-0.2, 0) is 6.42 Å². The van der Waals surface area contributed by atoms with Gasteiger partial charge in [-0.3, -0.25) is 10.1 Å². The quantitative estimate of drug-likeness (QED) is 0.144. The molecule has 0 unspecified atom stereocenters. The van der Waals surface area contributed by atoms with Gasteiger partial charge in [-0.25, -0.2) is 0 Å². The third-order valence-corrected chi connectivity index (χ3v) is 6.18. The van der Waals surface area contributed by atoms with Gasteiger partial charge in [0, 0.05) is 12.1 Å². The number of rotatable bonds is 17. The summed E-state index contributed by atoms with van der Waals surface area (Å²) < 4.78 is 0. The molecular weight excluding hydrogens is 382 g/mol. The molecule has 0 saturated carbocycles. The van der Waals surface area contributed by atoms with Crippen molar-refractivity contribution in [2.45, 2.75) is 103 Å². The van der Waals surface area contributed by atoms with Gasteiger partial charge in [0.15, 0.2) is 0 Å². The highest BCUT2D eigenvalue weighted by Crippen LogP contribution is 2.23. The highest BCUT2D eigenvalue weighted by atomic mass is 16.6. The fourth-order valence-corrected chi connectivity index (χ4v) is 4.16.